The van der Waals surface area contributed by atoms with Crippen molar-refractivity contribution in [1.82, 2.24) is 0 Å². The van der Waals surface area contributed by atoms with E-state index in [-0.39, 0.29) is 6.07 Å². The average molecular weight is 298 g/mol. The lowest BCUT2D eigenvalue weighted by molar-refractivity contribution is -0.137. The van der Waals surface area contributed by atoms with Crippen LogP contribution in [0.25, 0.3) is 5.57 Å². The van der Waals surface area contributed by atoms with Crippen molar-refractivity contribution in [2.24, 2.45) is 0 Å². The van der Waals surface area contributed by atoms with Crippen LogP contribution in [0.5, 0.6) is 0 Å². The van der Waals surface area contributed by atoms with Gasteiger partial charge in [0.05, 0.1) is 11.1 Å². The van der Waals surface area contributed by atoms with E-state index in [1.165, 1.54) is 0 Å². The summed E-state index contributed by atoms with van der Waals surface area (Å²) in [7, 11) is 0. The summed E-state index contributed by atoms with van der Waals surface area (Å²) in [5.74, 6) is -1.85. The Morgan fingerprint density at radius 2 is 1.65 bits per heavy atom. The highest BCUT2D eigenvalue weighted by Crippen LogP contribution is 2.38. The van der Waals surface area contributed by atoms with Crippen LogP contribution in [0.2, 0.25) is 0 Å². The molecule has 0 aromatic heterocycles. The number of rotatable bonds is 2. The maximum Gasteiger partial charge on any atom is 0.417 e. The second kappa shape index (κ2) is 5.18. The lowest BCUT2D eigenvalue weighted by Gasteiger charge is -2.15. The van der Waals surface area contributed by atoms with Crippen LogP contribution in [0.1, 0.15) is 18.1 Å². The van der Waals surface area contributed by atoms with Gasteiger partial charge >= 0.3 is 18.3 Å². The molecule has 0 spiro atoms. The summed E-state index contributed by atoms with van der Waals surface area (Å²) in [4.78, 5) is 10.7. The van der Waals surface area contributed by atoms with E-state index in [4.69, 9.17) is 5.11 Å². The zero-order chi connectivity index (χ0) is 15.7. The lowest BCUT2D eigenvalue weighted by atomic mass is 9.98. The van der Waals surface area contributed by atoms with Gasteiger partial charge in [0.2, 0.25) is 0 Å². The molecular formula is C12H8F6O2. The van der Waals surface area contributed by atoms with Crippen LogP contribution in [-0.4, -0.2) is 17.3 Å². The quantitative estimate of drug-likeness (QED) is 0.658. The van der Waals surface area contributed by atoms with E-state index < -0.39 is 40.6 Å². The smallest absolute Gasteiger partial charge is 0.417 e. The Hall–Kier alpha value is -1.99. The van der Waals surface area contributed by atoms with Gasteiger partial charge in [-0.25, -0.2) is 4.79 Å². The Balaban J connectivity index is 3.53. The van der Waals surface area contributed by atoms with Crippen molar-refractivity contribution in [1.29, 1.82) is 0 Å². The molecule has 0 saturated carbocycles. The molecule has 0 aliphatic carbocycles. The summed E-state index contributed by atoms with van der Waals surface area (Å²) in [6.07, 6.45) is -9.89. The molecule has 1 N–H and O–H groups in total. The third kappa shape index (κ3) is 3.52. The van der Waals surface area contributed by atoms with E-state index in [9.17, 15) is 31.1 Å². The molecule has 0 bridgehead atoms. The van der Waals surface area contributed by atoms with Gasteiger partial charge in [-0.05, 0) is 24.6 Å². The maximum atomic E-state index is 12.8. The van der Waals surface area contributed by atoms with Crippen LogP contribution < -0.4 is 0 Å². The zero-order valence-electron chi connectivity index (χ0n) is 9.93. The van der Waals surface area contributed by atoms with Crippen molar-refractivity contribution < 1.29 is 36.2 Å². The summed E-state index contributed by atoms with van der Waals surface area (Å²) in [5, 5.41) is 8.63. The number of hydrogen-bond donors (Lipinski definition) is 1. The first-order valence-corrected chi connectivity index (χ1v) is 5.13. The Bertz CT molecular complexity index is 554. The molecule has 1 aromatic rings. The minimum absolute atomic E-state index is 0.273. The molecule has 0 amide bonds. The van der Waals surface area contributed by atoms with Gasteiger partial charge in [0.25, 0.3) is 0 Å². The third-order valence-corrected chi connectivity index (χ3v) is 2.46. The van der Waals surface area contributed by atoms with Gasteiger partial charge in [0, 0.05) is 5.57 Å². The molecule has 0 aliphatic heterocycles. The number of hydrogen-bond acceptors (Lipinski definition) is 1. The molecule has 110 valence electrons. The van der Waals surface area contributed by atoms with Gasteiger partial charge in [-0.15, -0.1) is 0 Å². The third-order valence-electron chi connectivity index (χ3n) is 2.46. The summed E-state index contributed by atoms with van der Waals surface area (Å²) in [6, 6.07) is 2.45. The summed E-state index contributed by atoms with van der Waals surface area (Å²) in [6.45, 7) is 0.686. The highest BCUT2D eigenvalue weighted by molar-refractivity contribution is 5.97. The van der Waals surface area contributed by atoms with E-state index in [1.807, 2.05) is 0 Å². The van der Waals surface area contributed by atoms with Crippen molar-refractivity contribution in [2.45, 2.75) is 19.3 Å². The van der Waals surface area contributed by atoms with E-state index in [0.717, 1.165) is 12.1 Å². The van der Waals surface area contributed by atoms with Crippen LogP contribution in [0.3, 0.4) is 0 Å². The van der Waals surface area contributed by atoms with E-state index in [1.54, 1.807) is 0 Å². The predicted molar refractivity (Wildman–Crippen MR) is 57.7 cm³/mol. The molecule has 2 nitrogen and oxygen atoms in total. The minimum Gasteiger partial charge on any atom is -0.478 e. The molecule has 0 fully saturated rings. The fourth-order valence-corrected chi connectivity index (χ4v) is 1.55. The van der Waals surface area contributed by atoms with Crippen LogP contribution in [0.15, 0.2) is 29.8 Å². The Labute approximate surface area is 109 Å². The van der Waals surface area contributed by atoms with Crippen LogP contribution in [-0.2, 0) is 11.0 Å². The second-order valence-electron chi connectivity index (χ2n) is 3.88. The van der Waals surface area contributed by atoms with Gasteiger partial charge in [-0.1, -0.05) is 12.1 Å². The number of carboxylic acids is 1. The number of carbonyl (C=O) groups is 1. The minimum atomic E-state index is -5.08. The van der Waals surface area contributed by atoms with Gasteiger partial charge in [-0.2, -0.15) is 26.3 Å². The van der Waals surface area contributed by atoms with E-state index in [2.05, 4.69) is 0 Å². The number of carboxylic acid groups (broad SMARTS) is 1. The first-order valence-electron chi connectivity index (χ1n) is 5.13. The van der Waals surface area contributed by atoms with Gasteiger partial charge < -0.3 is 5.11 Å². The highest BCUT2D eigenvalue weighted by atomic mass is 19.4. The van der Waals surface area contributed by atoms with Crippen molar-refractivity contribution >= 4 is 11.5 Å². The topological polar surface area (TPSA) is 37.3 Å². The van der Waals surface area contributed by atoms with Gasteiger partial charge in [0.15, 0.2) is 0 Å². The first kappa shape index (κ1) is 16.1. The predicted octanol–water partition coefficient (Wildman–Crippen LogP) is 4.13. The molecule has 0 radical (unpaired) electrons. The summed E-state index contributed by atoms with van der Waals surface area (Å²) in [5.41, 5.74) is -4.80. The average Bonchev–Trinajstić information content (AvgIpc) is 2.26. The molecule has 0 aliphatic rings. The lowest BCUT2D eigenvalue weighted by Crippen LogP contribution is -2.16. The van der Waals surface area contributed by atoms with Crippen molar-refractivity contribution in [2.75, 3.05) is 0 Å². The normalized spacial score (nSPS) is 13.9. The molecule has 1 rings (SSSR count). The van der Waals surface area contributed by atoms with Crippen molar-refractivity contribution in [3.63, 3.8) is 0 Å². The van der Waals surface area contributed by atoms with Gasteiger partial charge in [0.1, 0.15) is 0 Å². The summed E-state index contributed by atoms with van der Waals surface area (Å²) < 4.78 is 75.9. The number of aliphatic carboxylic acids is 1. The van der Waals surface area contributed by atoms with Gasteiger partial charge in [-0.3, -0.25) is 0 Å². The zero-order valence-corrected chi connectivity index (χ0v) is 9.93. The van der Waals surface area contributed by atoms with Crippen LogP contribution in [0, 0.1) is 0 Å². The van der Waals surface area contributed by atoms with Crippen molar-refractivity contribution in [3.8, 4) is 0 Å². The fourth-order valence-electron chi connectivity index (χ4n) is 1.55. The largest absolute Gasteiger partial charge is 0.478 e. The molecule has 0 saturated heterocycles. The SMILES string of the molecule is C/C(C(=O)O)=C(\c1cccc(C(F)(F)F)c1)C(F)(F)F. The van der Waals surface area contributed by atoms with Crippen molar-refractivity contribution in [3.05, 3.63) is 41.0 Å². The molecular weight excluding hydrogens is 290 g/mol. The van der Waals surface area contributed by atoms with E-state index >= 15 is 0 Å². The Kier molecular flexibility index (Phi) is 4.16. The fraction of sp³-hybridized carbons (Fsp3) is 0.250. The molecule has 8 heteroatoms. The standard InChI is InChI=1S/C12H8F6O2/c1-6(10(19)20)9(12(16,17)18)7-3-2-4-8(5-7)11(13,14)15/h2-5H,1H3,(H,19,20)/b9-6-. The monoisotopic (exact) mass is 298 g/mol. The first-order chi connectivity index (χ1) is 8.94. The molecule has 1 aromatic carbocycles. The number of allylic oxidation sites excluding steroid dienone is 1. The molecule has 20 heavy (non-hydrogen) atoms. The van der Waals surface area contributed by atoms with Crippen LogP contribution in [0.4, 0.5) is 26.3 Å². The Morgan fingerprint density at radius 1 is 1.10 bits per heavy atom. The van der Waals surface area contributed by atoms with E-state index in [0.29, 0.717) is 13.0 Å². The molecule has 0 heterocycles. The number of alkyl halides is 6. The maximum absolute atomic E-state index is 12.8. The summed E-state index contributed by atoms with van der Waals surface area (Å²) >= 11 is 0. The number of benzene rings is 1. The highest BCUT2D eigenvalue weighted by Gasteiger charge is 2.39. The molecule has 0 unspecified atom stereocenters. The second-order valence-corrected chi connectivity index (χ2v) is 3.88. The molecule has 0 atom stereocenters. The Morgan fingerprint density at radius 3 is 2.05 bits per heavy atom. The number of halogens is 6. The van der Waals surface area contributed by atoms with Crippen LogP contribution >= 0.6 is 0 Å².